The summed E-state index contributed by atoms with van der Waals surface area (Å²) in [5, 5.41) is 0.621. The van der Waals surface area contributed by atoms with Crippen LogP contribution in [0.1, 0.15) is 17.3 Å². The van der Waals surface area contributed by atoms with Crippen LogP contribution in [-0.2, 0) is 4.79 Å². The predicted molar refractivity (Wildman–Crippen MR) is 100 cm³/mol. The Morgan fingerprint density at radius 1 is 0.923 bits per heavy atom. The van der Waals surface area contributed by atoms with Crippen LogP contribution in [0.2, 0.25) is 5.02 Å². The van der Waals surface area contributed by atoms with E-state index in [0.717, 1.165) is 0 Å². The molecule has 6 heteroatoms. The largest absolute Gasteiger partial charge is 0.481 e. The maximum Gasteiger partial charge on any atom is 0.263 e. The van der Waals surface area contributed by atoms with Crippen molar-refractivity contribution in [2.24, 2.45) is 0 Å². The molecule has 2 amide bonds. The van der Waals surface area contributed by atoms with Gasteiger partial charge in [-0.05, 0) is 43.3 Å². The third-order valence-corrected chi connectivity index (χ3v) is 4.63. The number of carbonyl (C=O) groups is 2. The Labute approximate surface area is 158 Å². The molecule has 0 N–H and O–H groups in total. The van der Waals surface area contributed by atoms with Crippen molar-refractivity contribution < 1.29 is 14.3 Å². The number of piperazine rings is 1. The van der Waals surface area contributed by atoms with Gasteiger partial charge in [0, 0.05) is 36.8 Å². The summed E-state index contributed by atoms with van der Waals surface area (Å²) in [4.78, 5) is 28.6. The zero-order chi connectivity index (χ0) is 18.5. The number of nitrogens with zero attached hydrogens (tertiary/aromatic N) is 2. The van der Waals surface area contributed by atoms with Crippen molar-refractivity contribution in [1.82, 2.24) is 9.80 Å². The van der Waals surface area contributed by atoms with Crippen LogP contribution in [0.15, 0.2) is 54.6 Å². The molecule has 1 saturated heterocycles. The molecule has 0 radical (unpaired) electrons. The van der Waals surface area contributed by atoms with Crippen LogP contribution in [-0.4, -0.2) is 53.9 Å². The maximum atomic E-state index is 12.6. The van der Waals surface area contributed by atoms with Crippen LogP contribution in [0.5, 0.6) is 5.75 Å². The van der Waals surface area contributed by atoms with Gasteiger partial charge < -0.3 is 14.5 Å². The van der Waals surface area contributed by atoms with E-state index in [-0.39, 0.29) is 11.8 Å². The molecule has 5 nitrogen and oxygen atoms in total. The van der Waals surface area contributed by atoms with Gasteiger partial charge in [-0.1, -0.05) is 29.8 Å². The second kappa shape index (κ2) is 8.23. The SMILES string of the molecule is CC(Oc1ccc(Cl)cc1)C(=O)N1CCN(C(=O)c2ccccc2)CC1. The molecule has 1 unspecified atom stereocenters. The highest BCUT2D eigenvalue weighted by atomic mass is 35.5. The number of hydrogen-bond acceptors (Lipinski definition) is 3. The lowest BCUT2D eigenvalue weighted by molar-refractivity contribution is -0.139. The highest BCUT2D eigenvalue weighted by Crippen LogP contribution is 2.18. The van der Waals surface area contributed by atoms with Crippen molar-refractivity contribution in [3.05, 3.63) is 65.2 Å². The fourth-order valence-corrected chi connectivity index (χ4v) is 3.04. The van der Waals surface area contributed by atoms with E-state index in [2.05, 4.69) is 0 Å². The summed E-state index contributed by atoms with van der Waals surface area (Å²) in [6.45, 7) is 3.79. The molecule has 0 aromatic heterocycles. The molecule has 0 spiro atoms. The van der Waals surface area contributed by atoms with E-state index in [0.29, 0.717) is 42.5 Å². The quantitative estimate of drug-likeness (QED) is 0.828. The van der Waals surface area contributed by atoms with Gasteiger partial charge in [-0.3, -0.25) is 9.59 Å². The minimum Gasteiger partial charge on any atom is -0.481 e. The third-order valence-electron chi connectivity index (χ3n) is 4.37. The minimum absolute atomic E-state index is 0.00293. The summed E-state index contributed by atoms with van der Waals surface area (Å²) in [6, 6.07) is 16.1. The van der Waals surface area contributed by atoms with Gasteiger partial charge in [0.25, 0.3) is 11.8 Å². The Bertz CT molecular complexity index is 756. The first-order valence-electron chi connectivity index (χ1n) is 8.60. The molecule has 2 aromatic carbocycles. The van der Waals surface area contributed by atoms with Crippen molar-refractivity contribution >= 4 is 23.4 Å². The van der Waals surface area contributed by atoms with Crippen LogP contribution >= 0.6 is 11.6 Å². The van der Waals surface area contributed by atoms with Gasteiger partial charge >= 0.3 is 0 Å². The van der Waals surface area contributed by atoms with Gasteiger partial charge in [-0.2, -0.15) is 0 Å². The lowest BCUT2D eigenvalue weighted by atomic mass is 10.2. The molecule has 0 bridgehead atoms. The minimum atomic E-state index is -0.590. The topological polar surface area (TPSA) is 49.9 Å². The average Bonchev–Trinajstić information content (AvgIpc) is 2.69. The fraction of sp³-hybridized carbons (Fsp3) is 0.300. The van der Waals surface area contributed by atoms with Crippen LogP contribution in [0.25, 0.3) is 0 Å². The van der Waals surface area contributed by atoms with E-state index in [9.17, 15) is 9.59 Å². The Hall–Kier alpha value is -2.53. The maximum absolute atomic E-state index is 12.6. The molecule has 0 aliphatic carbocycles. The van der Waals surface area contributed by atoms with Crippen molar-refractivity contribution in [2.75, 3.05) is 26.2 Å². The summed E-state index contributed by atoms with van der Waals surface area (Å²) in [7, 11) is 0. The molecule has 1 fully saturated rings. The summed E-state index contributed by atoms with van der Waals surface area (Å²) >= 11 is 5.85. The molecule has 136 valence electrons. The summed E-state index contributed by atoms with van der Waals surface area (Å²) < 4.78 is 5.70. The Morgan fingerprint density at radius 2 is 1.50 bits per heavy atom. The molecule has 2 aromatic rings. The molecule has 1 aliphatic heterocycles. The first-order chi connectivity index (χ1) is 12.5. The number of benzene rings is 2. The highest BCUT2D eigenvalue weighted by Gasteiger charge is 2.28. The average molecular weight is 373 g/mol. The second-order valence-corrected chi connectivity index (χ2v) is 6.63. The van der Waals surface area contributed by atoms with E-state index in [1.165, 1.54) is 0 Å². The van der Waals surface area contributed by atoms with Crippen LogP contribution in [0.3, 0.4) is 0 Å². The second-order valence-electron chi connectivity index (χ2n) is 6.20. The number of rotatable bonds is 4. The molecular weight excluding hydrogens is 352 g/mol. The summed E-state index contributed by atoms with van der Waals surface area (Å²) in [5.41, 5.74) is 0.673. The summed E-state index contributed by atoms with van der Waals surface area (Å²) in [5.74, 6) is 0.531. The molecule has 1 atom stereocenters. The number of carbonyl (C=O) groups excluding carboxylic acids is 2. The zero-order valence-corrected chi connectivity index (χ0v) is 15.4. The van der Waals surface area contributed by atoms with Gasteiger partial charge in [-0.15, -0.1) is 0 Å². The molecule has 0 saturated carbocycles. The van der Waals surface area contributed by atoms with E-state index in [1.807, 2.05) is 30.3 Å². The number of amides is 2. The van der Waals surface area contributed by atoms with Crippen molar-refractivity contribution in [3.63, 3.8) is 0 Å². The lowest BCUT2D eigenvalue weighted by Crippen LogP contribution is -2.53. The Balaban J connectivity index is 1.53. The van der Waals surface area contributed by atoms with E-state index >= 15 is 0 Å². The van der Waals surface area contributed by atoms with Crippen LogP contribution in [0, 0.1) is 0 Å². The van der Waals surface area contributed by atoms with Crippen LogP contribution < -0.4 is 4.74 Å². The molecule has 3 rings (SSSR count). The first kappa shape index (κ1) is 18.3. The van der Waals surface area contributed by atoms with Crippen LogP contribution in [0.4, 0.5) is 0 Å². The van der Waals surface area contributed by atoms with Crippen molar-refractivity contribution in [1.29, 1.82) is 0 Å². The monoisotopic (exact) mass is 372 g/mol. The van der Waals surface area contributed by atoms with Gasteiger partial charge in [0.05, 0.1) is 0 Å². The number of ether oxygens (including phenoxy) is 1. The van der Waals surface area contributed by atoms with Gasteiger partial charge in [0.15, 0.2) is 6.10 Å². The zero-order valence-electron chi connectivity index (χ0n) is 14.6. The number of hydrogen-bond donors (Lipinski definition) is 0. The fourth-order valence-electron chi connectivity index (χ4n) is 2.92. The highest BCUT2D eigenvalue weighted by molar-refractivity contribution is 6.30. The van der Waals surface area contributed by atoms with Gasteiger partial charge in [0.2, 0.25) is 0 Å². The Kier molecular flexibility index (Phi) is 5.78. The van der Waals surface area contributed by atoms with E-state index < -0.39 is 6.10 Å². The van der Waals surface area contributed by atoms with Crippen molar-refractivity contribution in [3.8, 4) is 5.75 Å². The van der Waals surface area contributed by atoms with Crippen molar-refractivity contribution in [2.45, 2.75) is 13.0 Å². The van der Waals surface area contributed by atoms with Gasteiger partial charge in [-0.25, -0.2) is 0 Å². The van der Waals surface area contributed by atoms with E-state index in [4.69, 9.17) is 16.3 Å². The summed E-state index contributed by atoms with van der Waals surface area (Å²) in [6.07, 6.45) is -0.590. The standard InChI is InChI=1S/C20H21ClN2O3/c1-15(26-18-9-7-17(21)8-10-18)19(24)22-11-13-23(14-12-22)20(25)16-5-3-2-4-6-16/h2-10,15H,11-14H2,1H3. The molecule has 1 aliphatic rings. The first-order valence-corrected chi connectivity index (χ1v) is 8.98. The van der Waals surface area contributed by atoms with E-state index in [1.54, 1.807) is 41.0 Å². The third kappa shape index (κ3) is 4.35. The molecule has 1 heterocycles. The smallest absolute Gasteiger partial charge is 0.263 e. The Morgan fingerprint density at radius 3 is 2.12 bits per heavy atom. The van der Waals surface area contributed by atoms with Gasteiger partial charge in [0.1, 0.15) is 5.75 Å². The molecule has 26 heavy (non-hydrogen) atoms. The molecular formula is C20H21ClN2O3. The number of halogens is 1. The predicted octanol–water partition coefficient (Wildman–Crippen LogP) is 3.09. The normalized spacial score (nSPS) is 15.5. The lowest BCUT2D eigenvalue weighted by Gasteiger charge is -2.36.